The van der Waals surface area contributed by atoms with E-state index in [-0.39, 0.29) is 11.2 Å². The predicted octanol–water partition coefficient (Wildman–Crippen LogP) is 7.33. The molecule has 0 fully saturated rings. The smallest absolute Gasteiger partial charge is 0.146 e. The summed E-state index contributed by atoms with van der Waals surface area (Å²) in [6.07, 6.45) is 1.72. The number of rotatable bonds is 5. The lowest BCUT2D eigenvalue weighted by atomic mass is 9.78. The fraction of sp³-hybridized carbons (Fsp3) is 0.222. The first-order valence-corrected chi connectivity index (χ1v) is 10.3. The number of hydrogen-bond donors (Lipinski definition) is 1. The van der Waals surface area contributed by atoms with Crippen molar-refractivity contribution in [2.75, 3.05) is 6.61 Å². The Kier molecular flexibility index (Phi) is 6.62. The molecule has 24 heavy (non-hydrogen) atoms. The van der Waals surface area contributed by atoms with Crippen LogP contribution in [0.3, 0.4) is 0 Å². The van der Waals surface area contributed by atoms with E-state index in [0.717, 1.165) is 25.8 Å². The molecule has 0 unspecified atom stereocenters. The van der Waals surface area contributed by atoms with Crippen LogP contribution in [-0.4, -0.2) is 11.7 Å². The van der Waals surface area contributed by atoms with Crippen LogP contribution in [0.2, 0.25) is 0 Å². The number of halogens is 4. The van der Waals surface area contributed by atoms with Gasteiger partial charge in [0.2, 0.25) is 0 Å². The first-order chi connectivity index (χ1) is 11.2. The highest BCUT2D eigenvalue weighted by Gasteiger charge is 2.31. The lowest BCUT2D eigenvalue weighted by molar-refractivity contribution is 0.363. The quantitative estimate of drug-likeness (QED) is 0.295. The van der Waals surface area contributed by atoms with Crippen LogP contribution in [0.4, 0.5) is 0 Å². The highest BCUT2D eigenvalue weighted by molar-refractivity contribution is 9.14. The summed E-state index contributed by atoms with van der Waals surface area (Å²) in [5.74, 6) is 0.960. The molecule has 6 heteroatoms. The Bertz CT molecular complexity index is 739. The first-order valence-electron chi connectivity index (χ1n) is 7.11. The van der Waals surface area contributed by atoms with Crippen molar-refractivity contribution in [2.45, 2.75) is 19.3 Å². The van der Waals surface area contributed by atoms with Gasteiger partial charge < -0.3 is 9.84 Å². The van der Waals surface area contributed by atoms with Crippen molar-refractivity contribution < 1.29 is 9.84 Å². The maximum absolute atomic E-state index is 10.2. The zero-order valence-electron chi connectivity index (χ0n) is 13.2. The summed E-state index contributed by atoms with van der Waals surface area (Å²) in [5, 5.41) is 10.2. The van der Waals surface area contributed by atoms with Crippen LogP contribution in [-0.2, 0) is 5.41 Å². The van der Waals surface area contributed by atoms with Crippen LogP contribution in [0.5, 0.6) is 11.5 Å². The maximum Gasteiger partial charge on any atom is 0.146 e. The first kappa shape index (κ1) is 20.0. The van der Waals surface area contributed by atoms with E-state index in [2.05, 4.69) is 84.1 Å². The Hall–Kier alpha value is -0.300. The van der Waals surface area contributed by atoms with Gasteiger partial charge in [-0.1, -0.05) is 38.6 Å². The van der Waals surface area contributed by atoms with E-state index >= 15 is 0 Å². The molecule has 0 spiro atoms. The Morgan fingerprint density at radius 3 is 1.96 bits per heavy atom. The molecule has 2 nitrogen and oxygen atoms in total. The molecule has 2 rings (SSSR count). The van der Waals surface area contributed by atoms with Crippen molar-refractivity contribution in [1.82, 2.24) is 0 Å². The fourth-order valence-electron chi connectivity index (χ4n) is 2.44. The summed E-state index contributed by atoms with van der Waals surface area (Å²) < 4.78 is 8.40. The lowest BCUT2D eigenvalue weighted by Gasteiger charge is -2.30. The zero-order valence-corrected chi connectivity index (χ0v) is 19.5. The maximum atomic E-state index is 10.2. The minimum Gasteiger partial charge on any atom is -0.505 e. The summed E-state index contributed by atoms with van der Waals surface area (Å²) in [5.41, 5.74) is 1.84. The zero-order chi connectivity index (χ0) is 18.1. The number of phenols is 1. The summed E-state index contributed by atoms with van der Waals surface area (Å²) in [7, 11) is 0. The van der Waals surface area contributed by atoms with Gasteiger partial charge >= 0.3 is 0 Å². The standard InChI is InChI=1S/C18H16Br4O2/c1-4-9-24-11-7-5-10(6-8-11)18(2,3)12-13(19)15(21)17(23)16(22)14(12)20/h4-8,23H,1,9H2,2-3H3. The van der Waals surface area contributed by atoms with Crippen LogP contribution in [0.1, 0.15) is 25.0 Å². The largest absolute Gasteiger partial charge is 0.505 e. The minimum atomic E-state index is -0.312. The second kappa shape index (κ2) is 7.94. The van der Waals surface area contributed by atoms with Crippen molar-refractivity contribution in [2.24, 2.45) is 0 Å². The average Bonchev–Trinajstić information content (AvgIpc) is 2.56. The molecule has 0 amide bonds. The summed E-state index contributed by atoms with van der Waals surface area (Å²) in [4.78, 5) is 0. The van der Waals surface area contributed by atoms with Gasteiger partial charge in [-0.3, -0.25) is 0 Å². The van der Waals surface area contributed by atoms with E-state index in [1.807, 2.05) is 24.3 Å². The highest BCUT2D eigenvalue weighted by atomic mass is 79.9. The summed E-state index contributed by atoms with van der Waals surface area (Å²) in [6, 6.07) is 8.00. The van der Waals surface area contributed by atoms with Gasteiger partial charge in [0.1, 0.15) is 18.1 Å². The van der Waals surface area contributed by atoms with Gasteiger partial charge in [0.05, 0.1) is 8.95 Å². The normalized spacial score (nSPS) is 11.4. The van der Waals surface area contributed by atoms with Crippen molar-refractivity contribution >= 4 is 63.7 Å². The molecule has 1 N–H and O–H groups in total. The molecule has 0 bridgehead atoms. The molecule has 0 saturated heterocycles. The van der Waals surface area contributed by atoms with Gasteiger partial charge in [-0.05, 0) is 87.0 Å². The molecule has 0 atom stereocenters. The van der Waals surface area contributed by atoms with Crippen LogP contribution < -0.4 is 4.74 Å². The monoisotopic (exact) mass is 580 g/mol. The Morgan fingerprint density at radius 2 is 1.50 bits per heavy atom. The second-order valence-electron chi connectivity index (χ2n) is 5.73. The molecule has 0 aliphatic rings. The van der Waals surface area contributed by atoms with Crippen molar-refractivity contribution in [3.8, 4) is 11.5 Å². The summed E-state index contributed by atoms with van der Waals surface area (Å²) >= 11 is 14.1. The molecule has 0 aliphatic carbocycles. The number of hydrogen-bond acceptors (Lipinski definition) is 2. The molecule has 0 heterocycles. The fourth-order valence-corrected chi connectivity index (χ4v) is 5.52. The lowest BCUT2D eigenvalue weighted by Crippen LogP contribution is -2.20. The Labute approximate surface area is 175 Å². The Morgan fingerprint density at radius 1 is 1.00 bits per heavy atom. The minimum absolute atomic E-state index is 0.154. The van der Waals surface area contributed by atoms with Gasteiger partial charge in [-0.25, -0.2) is 0 Å². The van der Waals surface area contributed by atoms with Crippen LogP contribution >= 0.6 is 63.7 Å². The Balaban J connectivity index is 2.53. The highest BCUT2D eigenvalue weighted by Crippen LogP contribution is 2.51. The number of benzene rings is 2. The SMILES string of the molecule is C=CCOc1ccc(C(C)(C)c2c(Br)c(Br)c(O)c(Br)c2Br)cc1. The van der Waals surface area contributed by atoms with Crippen molar-refractivity contribution in [3.63, 3.8) is 0 Å². The van der Waals surface area contributed by atoms with Crippen LogP contribution in [0, 0.1) is 0 Å². The topological polar surface area (TPSA) is 29.5 Å². The second-order valence-corrected chi connectivity index (χ2v) is 8.90. The van der Waals surface area contributed by atoms with Gasteiger partial charge in [0, 0.05) is 14.4 Å². The van der Waals surface area contributed by atoms with E-state index in [0.29, 0.717) is 15.6 Å². The molecule has 0 aromatic heterocycles. The van der Waals surface area contributed by atoms with Crippen LogP contribution in [0.15, 0.2) is 54.8 Å². The molecular formula is C18H16Br4O2. The van der Waals surface area contributed by atoms with Crippen molar-refractivity contribution in [1.29, 1.82) is 0 Å². The van der Waals surface area contributed by atoms with E-state index in [9.17, 15) is 5.11 Å². The number of phenolic OH excluding ortho intramolecular Hbond substituents is 1. The average molecular weight is 584 g/mol. The van der Waals surface area contributed by atoms with Gasteiger partial charge in [-0.15, -0.1) is 0 Å². The van der Waals surface area contributed by atoms with Crippen LogP contribution in [0.25, 0.3) is 0 Å². The van der Waals surface area contributed by atoms with E-state index in [1.54, 1.807) is 6.08 Å². The van der Waals surface area contributed by atoms with Crippen molar-refractivity contribution in [3.05, 3.63) is 65.9 Å². The summed E-state index contributed by atoms with van der Waals surface area (Å²) in [6.45, 7) is 8.40. The molecule has 0 aliphatic heterocycles. The molecule has 2 aromatic rings. The van der Waals surface area contributed by atoms with Gasteiger partial charge in [-0.2, -0.15) is 0 Å². The molecule has 2 aromatic carbocycles. The third kappa shape index (κ3) is 3.76. The molecular weight excluding hydrogens is 568 g/mol. The van der Waals surface area contributed by atoms with Gasteiger partial charge in [0.15, 0.2) is 0 Å². The number of aromatic hydroxyl groups is 1. The molecule has 128 valence electrons. The third-order valence-corrected chi connectivity index (χ3v) is 8.00. The molecule has 0 saturated carbocycles. The number of ether oxygens (including phenoxy) is 1. The van der Waals surface area contributed by atoms with E-state index in [1.165, 1.54) is 0 Å². The third-order valence-electron chi connectivity index (χ3n) is 3.81. The molecule has 0 radical (unpaired) electrons. The van der Waals surface area contributed by atoms with E-state index in [4.69, 9.17) is 4.74 Å². The van der Waals surface area contributed by atoms with Gasteiger partial charge in [0.25, 0.3) is 0 Å². The van der Waals surface area contributed by atoms with E-state index < -0.39 is 0 Å². The predicted molar refractivity (Wildman–Crippen MR) is 113 cm³/mol.